The number of nitrogens with zero attached hydrogens (tertiary/aromatic N) is 3. The molecule has 2 aromatic rings. The molecular weight excluding hydrogens is 424 g/mol. The largest absolute Gasteiger partial charge is 0.495 e. The molecule has 0 aliphatic carbocycles. The molecule has 0 atom stereocenters. The number of hydrogen-bond acceptors (Lipinski definition) is 9. The second-order valence-electron chi connectivity index (χ2n) is 5.64. The minimum absolute atomic E-state index is 0.0518. The number of methoxy groups -OCH3 is 1. The van der Waals surface area contributed by atoms with Crippen molar-refractivity contribution < 1.29 is 22.7 Å². The fraction of sp³-hybridized carbons (Fsp3) is 0.438. The van der Waals surface area contributed by atoms with Crippen molar-refractivity contribution in [2.24, 2.45) is 0 Å². The van der Waals surface area contributed by atoms with Crippen LogP contribution >= 0.6 is 23.1 Å². The number of hydrogen-bond donors (Lipinski definition) is 1. The maximum Gasteiger partial charge on any atom is 0.257 e. The van der Waals surface area contributed by atoms with Crippen LogP contribution in [-0.4, -0.2) is 68.0 Å². The van der Waals surface area contributed by atoms with Crippen molar-refractivity contribution >= 4 is 44.2 Å². The number of carbonyl (C=O) groups is 1. The number of carbonyl (C=O) groups excluding carboxylic acids is 1. The molecule has 1 aromatic heterocycles. The SMILES string of the molecule is CCSc1nnc(NC(=O)c2ccc(OC)c(S(=O)(=O)N3CCOCC3)c2)s1. The Morgan fingerprint density at radius 1 is 1.36 bits per heavy atom. The van der Waals surface area contributed by atoms with Crippen LogP contribution < -0.4 is 10.1 Å². The van der Waals surface area contributed by atoms with E-state index in [4.69, 9.17) is 9.47 Å². The molecule has 1 amide bonds. The van der Waals surface area contributed by atoms with Gasteiger partial charge in [-0.2, -0.15) is 4.31 Å². The lowest BCUT2D eigenvalue weighted by Gasteiger charge is -2.26. The van der Waals surface area contributed by atoms with Gasteiger partial charge in [0.15, 0.2) is 4.34 Å². The number of ether oxygens (including phenoxy) is 2. The Bertz CT molecular complexity index is 942. The van der Waals surface area contributed by atoms with Gasteiger partial charge in [0.1, 0.15) is 10.6 Å². The summed E-state index contributed by atoms with van der Waals surface area (Å²) in [6, 6.07) is 4.30. The van der Waals surface area contributed by atoms with Gasteiger partial charge in [-0.1, -0.05) is 30.0 Å². The predicted molar refractivity (Wildman–Crippen MR) is 107 cm³/mol. The van der Waals surface area contributed by atoms with Crippen LogP contribution in [0.5, 0.6) is 5.75 Å². The van der Waals surface area contributed by atoms with E-state index in [1.807, 2.05) is 6.92 Å². The third kappa shape index (κ3) is 4.63. The average Bonchev–Trinajstić information content (AvgIpc) is 3.15. The van der Waals surface area contributed by atoms with Gasteiger partial charge in [0.2, 0.25) is 15.2 Å². The highest BCUT2D eigenvalue weighted by Crippen LogP contribution is 2.29. The van der Waals surface area contributed by atoms with Gasteiger partial charge in [0.05, 0.1) is 20.3 Å². The molecule has 0 bridgehead atoms. The van der Waals surface area contributed by atoms with Crippen LogP contribution in [0.3, 0.4) is 0 Å². The van der Waals surface area contributed by atoms with E-state index >= 15 is 0 Å². The summed E-state index contributed by atoms with van der Waals surface area (Å²) in [5.74, 6) is 0.565. The van der Waals surface area contributed by atoms with Crippen molar-refractivity contribution in [3.05, 3.63) is 23.8 Å². The van der Waals surface area contributed by atoms with Crippen molar-refractivity contribution in [2.75, 3.05) is 44.5 Å². The third-order valence-corrected chi connectivity index (χ3v) is 7.68. The van der Waals surface area contributed by atoms with Crippen molar-refractivity contribution in [3.8, 4) is 5.75 Å². The summed E-state index contributed by atoms with van der Waals surface area (Å²) in [5.41, 5.74) is 0.188. The maximum absolute atomic E-state index is 13.0. The smallest absolute Gasteiger partial charge is 0.257 e. The quantitative estimate of drug-likeness (QED) is 0.509. The van der Waals surface area contributed by atoms with Gasteiger partial charge >= 0.3 is 0 Å². The van der Waals surface area contributed by atoms with E-state index in [0.29, 0.717) is 18.3 Å². The van der Waals surface area contributed by atoms with Gasteiger partial charge in [-0.05, 0) is 24.0 Å². The van der Waals surface area contributed by atoms with E-state index in [2.05, 4.69) is 15.5 Å². The van der Waals surface area contributed by atoms with Crippen molar-refractivity contribution in [1.29, 1.82) is 0 Å². The summed E-state index contributed by atoms with van der Waals surface area (Å²) in [5, 5.41) is 10.9. The minimum atomic E-state index is -3.82. The second kappa shape index (κ2) is 9.18. The van der Waals surface area contributed by atoms with E-state index in [-0.39, 0.29) is 29.3 Å². The van der Waals surface area contributed by atoms with Crippen LogP contribution in [-0.2, 0) is 14.8 Å². The summed E-state index contributed by atoms with van der Waals surface area (Å²) < 4.78 is 38.5. The molecule has 1 fully saturated rings. The van der Waals surface area contributed by atoms with Crippen LogP contribution in [0.15, 0.2) is 27.4 Å². The van der Waals surface area contributed by atoms with Crippen molar-refractivity contribution in [2.45, 2.75) is 16.2 Å². The van der Waals surface area contributed by atoms with Gasteiger partial charge < -0.3 is 9.47 Å². The Hall–Kier alpha value is -1.73. The molecule has 1 aliphatic heterocycles. The number of aromatic nitrogens is 2. The number of sulfonamides is 1. The summed E-state index contributed by atoms with van der Waals surface area (Å²) in [7, 11) is -2.43. The Morgan fingerprint density at radius 3 is 2.79 bits per heavy atom. The number of anilines is 1. The van der Waals surface area contributed by atoms with Crippen molar-refractivity contribution in [3.63, 3.8) is 0 Å². The summed E-state index contributed by atoms with van der Waals surface area (Å²) in [4.78, 5) is 12.5. The molecule has 152 valence electrons. The zero-order valence-electron chi connectivity index (χ0n) is 15.4. The monoisotopic (exact) mass is 444 g/mol. The van der Waals surface area contributed by atoms with Crippen LogP contribution in [0.2, 0.25) is 0 Å². The van der Waals surface area contributed by atoms with Crippen LogP contribution in [0.25, 0.3) is 0 Å². The van der Waals surface area contributed by atoms with Gasteiger partial charge in [-0.15, -0.1) is 10.2 Å². The highest BCUT2D eigenvalue weighted by molar-refractivity contribution is 8.01. The molecule has 12 heteroatoms. The van der Waals surface area contributed by atoms with Gasteiger partial charge in [0, 0.05) is 18.7 Å². The van der Waals surface area contributed by atoms with E-state index < -0.39 is 15.9 Å². The lowest BCUT2D eigenvalue weighted by molar-refractivity contribution is 0.0729. The summed E-state index contributed by atoms with van der Waals surface area (Å²) in [6.45, 7) is 3.17. The molecule has 1 saturated heterocycles. The molecule has 0 spiro atoms. The maximum atomic E-state index is 13.0. The topological polar surface area (TPSA) is 111 Å². The first-order valence-electron chi connectivity index (χ1n) is 8.49. The lowest BCUT2D eigenvalue weighted by Crippen LogP contribution is -2.40. The Labute approximate surface area is 171 Å². The molecule has 1 aliphatic rings. The normalized spacial score (nSPS) is 15.4. The lowest BCUT2D eigenvalue weighted by atomic mass is 10.2. The van der Waals surface area contributed by atoms with Crippen molar-refractivity contribution in [1.82, 2.24) is 14.5 Å². The Balaban J connectivity index is 1.86. The zero-order chi connectivity index (χ0) is 20.1. The zero-order valence-corrected chi connectivity index (χ0v) is 17.8. The minimum Gasteiger partial charge on any atom is -0.495 e. The molecule has 0 radical (unpaired) electrons. The Kier molecular flexibility index (Phi) is 6.88. The first kappa shape index (κ1) is 21.0. The van der Waals surface area contributed by atoms with Crippen LogP contribution in [0, 0.1) is 0 Å². The van der Waals surface area contributed by atoms with Gasteiger partial charge in [-0.3, -0.25) is 10.1 Å². The molecule has 1 aromatic carbocycles. The molecule has 1 N–H and O–H groups in total. The molecule has 2 heterocycles. The standard InChI is InChI=1S/C16H20N4O5S3/c1-3-26-16-19-18-15(27-16)17-14(21)11-4-5-12(24-2)13(10-11)28(22,23)20-6-8-25-9-7-20/h4-5,10H,3,6-9H2,1-2H3,(H,17,18,21). The van der Waals surface area contributed by atoms with E-state index in [1.165, 1.54) is 52.7 Å². The Morgan fingerprint density at radius 2 is 2.11 bits per heavy atom. The van der Waals surface area contributed by atoms with E-state index in [0.717, 1.165) is 10.1 Å². The summed E-state index contributed by atoms with van der Waals surface area (Å²) >= 11 is 2.79. The van der Waals surface area contributed by atoms with E-state index in [1.54, 1.807) is 0 Å². The van der Waals surface area contributed by atoms with E-state index in [9.17, 15) is 13.2 Å². The number of benzene rings is 1. The second-order valence-corrected chi connectivity index (χ2v) is 10.0. The highest BCUT2D eigenvalue weighted by Gasteiger charge is 2.30. The number of nitrogens with one attached hydrogen (secondary N) is 1. The van der Waals surface area contributed by atoms with Gasteiger partial charge in [-0.25, -0.2) is 8.42 Å². The average molecular weight is 445 g/mol. The van der Waals surface area contributed by atoms with Crippen LogP contribution in [0.4, 0.5) is 5.13 Å². The molecule has 0 unspecified atom stereocenters. The number of morpholine rings is 1. The third-order valence-electron chi connectivity index (χ3n) is 3.91. The molecule has 3 rings (SSSR count). The summed E-state index contributed by atoms with van der Waals surface area (Å²) in [6.07, 6.45) is 0. The number of amides is 1. The molecule has 9 nitrogen and oxygen atoms in total. The molecule has 28 heavy (non-hydrogen) atoms. The fourth-order valence-electron chi connectivity index (χ4n) is 2.56. The fourth-order valence-corrected chi connectivity index (χ4v) is 5.79. The first-order valence-corrected chi connectivity index (χ1v) is 11.7. The van der Waals surface area contributed by atoms with Crippen LogP contribution in [0.1, 0.15) is 17.3 Å². The molecular formula is C16H20N4O5S3. The van der Waals surface area contributed by atoms with Gasteiger partial charge in [0.25, 0.3) is 5.91 Å². The first-order chi connectivity index (χ1) is 13.5. The molecule has 0 saturated carbocycles. The number of rotatable bonds is 7. The number of thioether (sulfide) groups is 1. The predicted octanol–water partition coefficient (Wildman–Crippen LogP) is 1.93. The highest BCUT2D eigenvalue weighted by atomic mass is 32.2.